The second-order valence-electron chi connectivity index (χ2n) is 10.3. The number of aromatic amines is 1. The Morgan fingerprint density at radius 3 is 2.89 bits per heavy atom. The number of aromatic nitrogens is 3. The number of Topliss-reactive ketones (excluding diaryl/α,β-unsaturated/α-hetero) is 1. The van der Waals surface area contributed by atoms with Gasteiger partial charge in [-0.05, 0) is 67.5 Å². The maximum absolute atomic E-state index is 13.3. The molecule has 4 aromatic rings. The van der Waals surface area contributed by atoms with Crippen LogP contribution in [0.3, 0.4) is 0 Å². The van der Waals surface area contributed by atoms with E-state index in [9.17, 15) is 14.4 Å². The number of nitrogen functional groups attached to an aromatic ring is 1. The first-order valence-electron chi connectivity index (χ1n) is 12.6. The summed E-state index contributed by atoms with van der Waals surface area (Å²) in [5.74, 6) is 0.800. The number of pyridine rings is 2. The van der Waals surface area contributed by atoms with Crippen LogP contribution in [0, 0.1) is 5.92 Å². The number of carbonyl (C=O) groups excluding carboxylic acids is 2. The molecule has 1 aliphatic heterocycles. The van der Waals surface area contributed by atoms with Gasteiger partial charge in [0, 0.05) is 39.9 Å². The first-order chi connectivity index (χ1) is 18.4. The van der Waals surface area contributed by atoms with Crippen LogP contribution in [0.15, 0.2) is 53.5 Å². The Hall–Kier alpha value is -4.31. The van der Waals surface area contributed by atoms with Gasteiger partial charge >= 0.3 is 0 Å². The van der Waals surface area contributed by atoms with Gasteiger partial charge in [0.2, 0.25) is 11.5 Å². The predicted octanol–water partition coefficient (Wildman–Crippen LogP) is 3.53. The van der Waals surface area contributed by atoms with E-state index in [0.29, 0.717) is 54.4 Å². The molecule has 4 heterocycles. The zero-order chi connectivity index (χ0) is 26.0. The summed E-state index contributed by atoms with van der Waals surface area (Å²) in [4.78, 5) is 51.3. The number of anilines is 4. The number of benzene rings is 1. The number of amides is 1. The van der Waals surface area contributed by atoms with Crippen LogP contribution < -0.4 is 21.9 Å². The number of rotatable bonds is 4. The molecule has 7 rings (SSSR count). The molecule has 0 fully saturated rings. The van der Waals surface area contributed by atoms with Crippen molar-refractivity contribution in [3.8, 4) is 0 Å². The van der Waals surface area contributed by atoms with Crippen molar-refractivity contribution in [3.63, 3.8) is 0 Å². The van der Waals surface area contributed by atoms with Gasteiger partial charge in [-0.25, -0.2) is 9.97 Å². The van der Waals surface area contributed by atoms with Gasteiger partial charge in [-0.3, -0.25) is 14.4 Å². The normalized spacial score (nSPS) is 21.1. The highest BCUT2D eigenvalue weighted by atomic mass is 32.1. The molecule has 3 aromatic heterocycles. The first kappa shape index (κ1) is 22.9. The summed E-state index contributed by atoms with van der Waals surface area (Å²) < 4.78 is 0. The number of nitrogens with one attached hydrogen (secondary N) is 3. The van der Waals surface area contributed by atoms with E-state index in [1.165, 1.54) is 17.4 Å². The van der Waals surface area contributed by atoms with Crippen LogP contribution >= 0.6 is 11.3 Å². The number of nitrogens with two attached hydrogens (primary N) is 1. The molecular weight excluding hydrogens is 500 g/mol. The van der Waals surface area contributed by atoms with Crippen molar-refractivity contribution in [1.82, 2.24) is 15.0 Å². The van der Waals surface area contributed by atoms with E-state index >= 15 is 0 Å². The number of hydrogen-bond acceptors (Lipinski definition) is 8. The van der Waals surface area contributed by atoms with Crippen LogP contribution in [0.5, 0.6) is 0 Å². The number of fused-ring (bicyclic) bond motifs is 4. The lowest BCUT2D eigenvalue weighted by molar-refractivity contribution is -0.120. The van der Waals surface area contributed by atoms with E-state index in [1.54, 1.807) is 12.3 Å². The minimum Gasteiger partial charge on any atom is -0.375 e. The fourth-order valence-electron chi connectivity index (χ4n) is 6.11. The standard InChI is InChI=1S/C28H24N6O3S/c29-27-32-20-6-4-14(9-21(20)38-27)24(36)16-10-22(33-23(35)11-16)31-18-5-3-15-12-28(13-17(15)8-18)19-2-1-7-30-25(19)34-26(28)37/h1-3,5,7-8,10-11,14H,4,6,9,12-13H2,(H2,29,32)(H,30,34,37)(H2,31,33,35). The average molecular weight is 525 g/mol. The Labute approximate surface area is 221 Å². The molecule has 38 heavy (non-hydrogen) atoms. The number of nitrogens with zero attached hydrogens (tertiary/aromatic N) is 2. The summed E-state index contributed by atoms with van der Waals surface area (Å²) in [6.07, 6.45) is 4.86. The van der Waals surface area contributed by atoms with E-state index in [2.05, 4.69) is 25.6 Å². The van der Waals surface area contributed by atoms with E-state index in [-0.39, 0.29) is 23.2 Å². The molecule has 10 heteroatoms. The third-order valence-electron chi connectivity index (χ3n) is 7.92. The number of hydrogen-bond donors (Lipinski definition) is 4. The molecule has 0 bridgehead atoms. The Morgan fingerprint density at radius 1 is 1.13 bits per heavy atom. The molecule has 0 radical (unpaired) electrons. The quantitative estimate of drug-likeness (QED) is 0.299. The topological polar surface area (TPSA) is 143 Å². The van der Waals surface area contributed by atoms with Gasteiger partial charge in [-0.1, -0.05) is 12.1 Å². The van der Waals surface area contributed by atoms with Gasteiger partial charge in [0.15, 0.2) is 10.9 Å². The number of aryl methyl sites for hydroxylation is 1. The molecule has 1 aromatic carbocycles. The van der Waals surface area contributed by atoms with Crippen LogP contribution in [0.25, 0.3) is 0 Å². The van der Waals surface area contributed by atoms with E-state index < -0.39 is 5.41 Å². The van der Waals surface area contributed by atoms with Gasteiger partial charge in [0.25, 0.3) is 0 Å². The third-order valence-corrected chi connectivity index (χ3v) is 8.86. The SMILES string of the molecule is Nc1nc2c(s1)CC(C(=O)c1cc(Nc3ccc4c(c3)CC3(C4)C(=O)Nc4ncccc43)[nH]c(=O)c1)CC2. The summed E-state index contributed by atoms with van der Waals surface area (Å²) in [6.45, 7) is 0. The molecule has 3 aliphatic rings. The van der Waals surface area contributed by atoms with Crippen LogP contribution in [-0.4, -0.2) is 26.6 Å². The number of ketones is 1. The summed E-state index contributed by atoms with van der Waals surface area (Å²) >= 11 is 1.43. The highest BCUT2D eigenvalue weighted by Crippen LogP contribution is 2.47. The molecule has 2 aliphatic carbocycles. The predicted molar refractivity (Wildman–Crippen MR) is 145 cm³/mol. The Bertz CT molecular complexity index is 1710. The van der Waals surface area contributed by atoms with Crippen LogP contribution in [-0.2, 0) is 35.9 Å². The highest BCUT2D eigenvalue weighted by Gasteiger charge is 2.51. The molecule has 1 amide bonds. The van der Waals surface area contributed by atoms with E-state index in [0.717, 1.165) is 32.9 Å². The summed E-state index contributed by atoms with van der Waals surface area (Å²) in [5, 5.41) is 6.71. The maximum atomic E-state index is 13.3. The van der Waals surface area contributed by atoms with E-state index in [4.69, 9.17) is 5.73 Å². The largest absolute Gasteiger partial charge is 0.375 e. The van der Waals surface area contributed by atoms with Crippen LogP contribution in [0.2, 0.25) is 0 Å². The molecule has 1 spiro atoms. The molecule has 190 valence electrons. The van der Waals surface area contributed by atoms with Crippen LogP contribution in [0.4, 0.5) is 22.5 Å². The highest BCUT2D eigenvalue weighted by molar-refractivity contribution is 7.15. The fraction of sp³-hybridized carbons (Fsp3) is 0.250. The first-order valence-corrected chi connectivity index (χ1v) is 13.4. The smallest absolute Gasteiger partial charge is 0.250 e. The van der Waals surface area contributed by atoms with Crippen molar-refractivity contribution in [2.24, 2.45) is 5.92 Å². The number of H-pyrrole nitrogens is 1. The van der Waals surface area contributed by atoms with E-state index in [1.807, 2.05) is 30.3 Å². The monoisotopic (exact) mass is 524 g/mol. The minimum atomic E-state index is -0.645. The van der Waals surface area contributed by atoms with Crippen molar-refractivity contribution >= 4 is 45.5 Å². The fourth-order valence-corrected chi connectivity index (χ4v) is 7.07. The second kappa shape index (κ2) is 8.35. The lowest BCUT2D eigenvalue weighted by Gasteiger charge is -2.20. The summed E-state index contributed by atoms with van der Waals surface area (Å²) in [7, 11) is 0. The van der Waals surface area contributed by atoms with Crippen LogP contribution in [0.1, 0.15) is 44.0 Å². The molecule has 0 saturated carbocycles. The lowest BCUT2D eigenvalue weighted by atomic mass is 9.79. The molecule has 2 unspecified atom stereocenters. The molecule has 5 N–H and O–H groups in total. The van der Waals surface area contributed by atoms with Gasteiger partial charge in [0.05, 0.1) is 11.1 Å². The van der Waals surface area contributed by atoms with Gasteiger partial charge in [-0.15, -0.1) is 11.3 Å². The van der Waals surface area contributed by atoms with Gasteiger partial charge in [-0.2, -0.15) is 0 Å². The third kappa shape index (κ3) is 3.63. The molecule has 2 atom stereocenters. The van der Waals surface area contributed by atoms with Crippen molar-refractivity contribution in [2.75, 3.05) is 16.4 Å². The molecule has 0 saturated heterocycles. The zero-order valence-corrected chi connectivity index (χ0v) is 21.2. The van der Waals surface area contributed by atoms with Crippen molar-refractivity contribution in [2.45, 2.75) is 37.5 Å². The summed E-state index contributed by atoms with van der Waals surface area (Å²) in [5.41, 5.74) is 10.1. The lowest BCUT2D eigenvalue weighted by Crippen LogP contribution is -2.35. The van der Waals surface area contributed by atoms with Crippen molar-refractivity contribution < 1.29 is 9.59 Å². The van der Waals surface area contributed by atoms with Crippen molar-refractivity contribution in [1.29, 1.82) is 0 Å². The minimum absolute atomic E-state index is 0.0247. The Morgan fingerprint density at radius 2 is 2.00 bits per heavy atom. The molecule has 9 nitrogen and oxygen atoms in total. The number of carbonyl (C=O) groups is 2. The second-order valence-corrected chi connectivity index (χ2v) is 11.4. The Kier molecular flexibility index (Phi) is 5.02. The summed E-state index contributed by atoms with van der Waals surface area (Å²) in [6, 6.07) is 12.8. The molecular formula is C28H24N6O3S. The number of thiazole rings is 1. The maximum Gasteiger partial charge on any atom is 0.250 e. The van der Waals surface area contributed by atoms with Gasteiger partial charge in [0.1, 0.15) is 11.6 Å². The van der Waals surface area contributed by atoms with Crippen molar-refractivity contribution in [3.05, 3.63) is 91.8 Å². The van der Waals surface area contributed by atoms with Gasteiger partial charge < -0.3 is 21.4 Å². The zero-order valence-electron chi connectivity index (χ0n) is 20.3. The average Bonchev–Trinajstić information content (AvgIpc) is 3.55. The Balaban J connectivity index is 1.13.